The number of aryl methyl sites for hydroxylation is 1. The molecule has 0 spiro atoms. The van der Waals surface area contributed by atoms with Gasteiger partial charge in [-0.05, 0) is 34.9 Å². The summed E-state index contributed by atoms with van der Waals surface area (Å²) >= 11 is 0. The molecule has 1 amide bonds. The summed E-state index contributed by atoms with van der Waals surface area (Å²) in [5.74, 6) is 0.709. The van der Waals surface area contributed by atoms with E-state index in [2.05, 4.69) is 36.2 Å². The van der Waals surface area contributed by atoms with Crippen molar-refractivity contribution in [3.8, 4) is 5.75 Å². The minimum Gasteiger partial charge on any atom is -0.489 e. The van der Waals surface area contributed by atoms with Crippen LogP contribution in [0.2, 0.25) is 0 Å². The quantitative estimate of drug-likeness (QED) is 0.620. The van der Waals surface area contributed by atoms with Gasteiger partial charge in [-0.1, -0.05) is 61.2 Å². The maximum Gasteiger partial charge on any atom is 0.224 e. The van der Waals surface area contributed by atoms with Gasteiger partial charge in [-0.25, -0.2) is 0 Å². The van der Waals surface area contributed by atoms with Crippen molar-refractivity contribution in [3.05, 3.63) is 84.9 Å². The highest BCUT2D eigenvalue weighted by Crippen LogP contribution is 2.21. The normalized spacial score (nSPS) is 10.4. The molecular formula is C22H21NO2. The van der Waals surface area contributed by atoms with Crippen LogP contribution in [0.1, 0.15) is 12.0 Å². The van der Waals surface area contributed by atoms with Crippen molar-refractivity contribution in [2.24, 2.45) is 0 Å². The lowest BCUT2D eigenvalue weighted by Gasteiger charge is -2.09. The fourth-order valence-corrected chi connectivity index (χ4v) is 2.80. The molecule has 25 heavy (non-hydrogen) atoms. The van der Waals surface area contributed by atoms with Crippen LogP contribution in [0.15, 0.2) is 79.4 Å². The first-order chi connectivity index (χ1) is 12.3. The summed E-state index contributed by atoms with van der Waals surface area (Å²) in [7, 11) is 0. The molecule has 3 nitrogen and oxygen atoms in total. The van der Waals surface area contributed by atoms with Crippen LogP contribution in [-0.4, -0.2) is 12.5 Å². The van der Waals surface area contributed by atoms with Crippen molar-refractivity contribution in [3.63, 3.8) is 0 Å². The lowest BCUT2D eigenvalue weighted by Crippen LogP contribution is -2.12. The minimum absolute atomic E-state index is 0.00574. The molecular weight excluding hydrogens is 310 g/mol. The van der Waals surface area contributed by atoms with Gasteiger partial charge in [0.2, 0.25) is 5.91 Å². The zero-order valence-electron chi connectivity index (χ0n) is 14.1. The zero-order chi connectivity index (χ0) is 17.5. The number of anilines is 1. The summed E-state index contributed by atoms with van der Waals surface area (Å²) in [5.41, 5.74) is 1.93. The molecule has 0 aliphatic heterocycles. The maximum absolute atomic E-state index is 12.3. The van der Waals surface area contributed by atoms with Crippen molar-refractivity contribution < 1.29 is 9.53 Å². The first kappa shape index (κ1) is 16.8. The number of fused-ring (bicyclic) bond motifs is 1. The Kier molecular flexibility index (Phi) is 5.47. The summed E-state index contributed by atoms with van der Waals surface area (Å²) in [6.07, 6.45) is 2.83. The second-order valence-corrected chi connectivity index (χ2v) is 5.81. The van der Waals surface area contributed by atoms with Crippen molar-refractivity contribution in [2.45, 2.75) is 12.8 Å². The van der Waals surface area contributed by atoms with Crippen molar-refractivity contribution in [1.29, 1.82) is 0 Å². The monoisotopic (exact) mass is 331 g/mol. The van der Waals surface area contributed by atoms with Gasteiger partial charge in [-0.15, -0.1) is 0 Å². The van der Waals surface area contributed by atoms with Crippen molar-refractivity contribution >= 4 is 22.4 Å². The Hall–Kier alpha value is -3.07. The number of carbonyl (C=O) groups excluding carboxylic acids is 1. The summed E-state index contributed by atoms with van der Waals surface area (Å²) < 4.78 is 5.49. The molecule has 1 N–H and O–H groups in total. The van der Waals surface area contributed by atoms with E-state index in [0.717, 1.165) is 5.69 Å². The first-order valence-electron chi connectivity index (χ1n) is 8.36. The van der Waals surface area contributed by atoms with Crippen LogP contribution in [0.4, 0.5) is 5.69 Å². The van der Waals surface area contributed by atoms with Crippen LogP contribution >= 0.6 is 0 Å². The summed E-state index contributed by atoms with van der Waals surface area (Å²) in [4.78, 5) is 12.3. The molecule has 0 atom stereocenters. The number of hydrogen-bond acceptors (Lipinski definition) is 2. The van der Waals surface area contributed by atoms with E-state index in [1.54, 1.807) is 6.08 Å². The summed E-state index contributed by atoms with van der Waals surface area (Å²) in [5, 5.41) is 5.34. The van der Waals surface area contributed by atoms with E-state index < -0.39 is 0 Å². The van der Waals surface area contributed by atoms with Crippen molar-refractivity contribution in [1.82, 2.24) is 0 Å². The second-order valence-electron chi connectivity index (χ2n) is 5.81. The number of amides is 1. The number of benzene rings is 3. The Morgan fingerprint density at radius 3 is 2.72 bits per heavy atom. The van der Waals surface area contributed by atoms with Crippen LogP contribution in [0, 0.1) is 0 Å². The predicted molar refractivity (Wildman–Crippen MR) is 103 cm³/mol. The topological polar surface area (TPSA) is 38.3 Å². The van der Waals surface area contributed by atoms with Gasteiger partial charge in [0.15, 0.2) is 0 Å². The van der Waals surface area contributed by atoms with Crippen LogP contribution in [-0.2, 0) is 11.2 Å². The minimum atomic E-state index is -0.00574. The second kappa shape index (κ2) is 8.15. The van der Waals surface area contributed by atoms with Gasteiger partial charge in [-0.3, -0.25) is 4.79 Å². The molecule has 0 heterocycles. The molecule has 0 unspecified atom stereocenters. The van der Waals surface area contributed by atoms with E-state index in [4.69, 9.17) is 4.74 Å². The SMILES string of the molecule is C=CCOc1cccc(NC(=O)CCc2cccc3ccccc23)c1. The van der Waals surface area contributed by atoms with Gasteiger partial charge >= 0.3 is 0 Å². The number of ether oxygens (including phenoxy) is 1. The molecule has 0 bridgehead atoms. The molecule has 0 saturated heterocycles. The zero-order valence-corrected chi connectivity index (χ0v) is 14.1. The van der Waals surface area contributed by atoms with Gasteiger partial charge in [0.25, 0.3) is 0 Å². The molecule has 0 aliphatic rings. The Labute approximate surface area is 147 Å². The van der Waals surface area contributed by atoms with Crippen LogP contribution < -0.4 is 10.1 Å². The van der Waals surface area contributed by atoms with E-state index in [0.29, 0.717) is 25.2 Å². The third-order valence-electron chi connectivity index (χ3n) is 3.99. The molecule has 0 radical (unpaired) electrons. The fourth-order valence-electron chi connectivity index (χ4n) is 2.80. The first-order valence-corrected chi connectivity index (χ1v) is 8.36. The van der Waals surface area contributed by atoms with Crippen LogP contribution in [0.5, 0.6) is 5.75 Å². The molecule has 0 aromatic heterocycles. The van der Waals surface area contributed by atoms with E-state index in [1.165, 1.54) is 16.3 Å². The number of carbonyl (C=O) groups is 1. The fraction of sp³-hybridized carbons (Fsp3) is 0.136. The molecule has 3 aromatic carbocycles. The van der Waals surface area contributed by atoms with Gasteiger partial charge < -0.3 is 10.1 Å². The summed E-state index contributed by atoms with van der Waals surface area (Å²) in [6.45, 7) is 4.07. The Morgan fingerprint density at radius 2 is 1.84 bits per heavy atom. The van der Waals surface area contributed by atoms with Crippen LogP contribution in [0.25, 0.3) is 10.8 Å². The standard InChI is InChI=1S/C22H21NO2/c1-2-15-25-20-11-6-10-19(16-20)23-22(24)14-13-18-9-5-8-17-7-3-4-12-21(17)18/h2-12,16H,1,13-15H2,(H,23,24). The van der Waals surface area contributed by atoms with E-state index >= 15 is 0 Å². The predicted octanol–water partition coefficient (Wildman–Crippen LogP) is 4.98. The molecule has 3 aromatic rings. The Bertz CT molecular complexity index is 881. The number of rotatable bonds is 7. The maximum atomic E-state index is 12.3. The number of nitrogens with one attached hydrogen (secondary N) is 1. The van der Waals surface area contributed by atoms with Gasteiger partial charge in [0.05, 0.1) is 0 Å². The third kappa shape index (κ3) is 4.48. The Balaban J connectivity index is 1.62. The molecule has 126 valence electrons. The van der Waals surface area contributed by atoms with Crippen LogP contribution in [0.3, 0.4) is 0 Å². The van der Waals surface area contributed by atoms with Gasteiger partial charge in [-0.2, -0.15) is 0 Å². The van der Waals surface area contributed by atoms with E-state index in [-0.39, 0.29) is 5.91 Å². The average molecular weight is 331 g/mol. The number of hydrogen-bond donors (Lipinski definition) is 1. The molecule has 0 saturated carbocycles. The highest BCUT2D eigenvalue weighted by atomic mass is 16.5. The molecule has 3 heteroatoms. The summed E-state index contributed by atoms with van der Waals surface area (Å²) in [6, 6.07) is 21.9. The van der Waals surface area contributed by atoms with E-state index in [9.17, 15) is 4.79 Å². The Morgan fingerprint density at radius 1 is 1.04 bits per heavy atom. The average Bonchev–Trinajstić information content (AvgIpc) is 2.65. The lowest BCUT2D eigenvalue weighted by atomic mass is 10.0. The molecule has 0 aliphatic carbocycles. The van der Waals surface area contributed by atoms with Gasteiger partial charge in [0, 0.05) is 18.2 Å². The lowest BCUT2D eigenvalue weighted by molar-refractivity contribution is -0.116. The van der Waals surface area contributed by atoms with E-state index in [1.807, 2.05) is 42.5 Å². The smallest absolute Gasteiger partial charge is 0.224 e. The third-order valence-corrected chi connectivity index (χ3v) is 3.99. The largest absolute Gasteiger partial charge is 0.489 e. The highest BCUT2D eigenvalue weighted by molar-refractivity contribution is 5.92. The van der Waals surface area contributed by atoms with Gasteiger partial charge in [0.1, 0.15) is 12.4 Å². The molecule has 3 rings (SSSR count). The highest BCUT2D eigenvalue weighted by Gasteiger charge is 2.06. The van der Waals surface area contributed by atoms with Crippen molar-refractivity contribution in [2.75, 3.05) is 11.9 Å². The molecule has 0 fully saturated rings.